The summed E-state index contributed by atoms with van der Waals surface area (Å²) >= 11 is 0. The Morgan fingerprint density at radius 2 is 1.93 bits per heavy atom. The second-order valence-corrected chi connectivity index (χ2v) is 8.92. The lowest BCUT2D eigenvalue weighted by atomic mass is 9.95. The zero-order valence-electron chi connectivity index (χ0n) is 17.7. The van der Waals surface area contributed by atoms with Crippen LogP contribution in [0.5, 0.6) is 0 Å². The zero-order valence-corrected chi connectivity index (χ0v) is 17.7. The van der Waals surface area contributed by atoms with Gasteiger partial charge in [0.15, 0.2) is 0 Å². The van der Waals surface area contributed by atoms with Gasteiger partial charge in [0.25, 0.3) is 0 Å². The Hall–Kier alpha value is -2.06. The van der Waals surface area contributed by atoms with Gasteiger partial charge < -0.3 is 19.9 Å². The Kier molecular flexibility index (Phi) is 7.28. The van der Waals surface area contributed by atoms with Crippen LogP contribution < -0.4 is 5.32 Å². The molecule has 4 rings (SSSR count). The molecular weight excluding hydrogens is 382 g/mol. The number of nitrogens with one attached hydrogen (secondary N) is 1. The predicted molar refractivity (Wildman–Crippen MR) is 112 cm³/mol. The monoisotopic (exact) mass is 415 g/mol. The number of nitrogens with zero attached hydrogens (tertiary/aromatic N) is 4. The molecule has 1 atom stereocenters. The first-order chi connectivity index (χ1) is 14.7. The van der Waals surface area contributed by atoms with Crippen LogP contribution in [0.4, 0.5) is 0 Å². The van der Waals surface area contributed by atoms with Crippen LogP contribution in [0.25, 0.3) is 0 Å². The van der Waals surface area contributed by atoms with Crippen LogP contribution in [0, 0.1) is 11.8 Å². The summed E-state index contributed by atoms with van der Waals surface area (Å²) in [5.41, 5.74) is 0.807. The molecule has 1 saturated carbocycles. The van der Waals surface area contributed by atoms with Gasteiger partial charge in [0.1, 0.15) is 6.61 Å². The van der Waals surface area contributed by atoms with Gasteiger partial charge in [0.2, 0.25) is 11.8 Å². The summed E-state index contributed by atoms with van der Waals surface area (Å²) in [5.74, 6) is 1.56. The van der Waals surface area contributed by atoms with E-state index in [1.54, 1.807) is 18.6 Å². The molecule has 3 fully saturated rings. The Morgan fingerprint density at radius 1 is 1.13 bits per heavy atom. The van der Waals surface area contributed by atoms with Crippen LogP contribution in [-0.4, -0.2) is 83.6 Å². The molecule has 8 heteroatoms. The second-order valence-electron chi connectivity index (χ2n) is 8.92. The average molecular weight is 416 g/mol. The average Bonchev–Trinajstić information content (AvgIpc) is 3.59. The van der Waals surface area contributed by atoms with Gasteiger partial charge in [0, 0.05) is 51.2 Å². The molecule has 1 unspecified atom stereocenters. The van der Waals surface area contributed by atoms with Crippen molar-refractivity contribution in [3.63, 3.8) is 0 Å². The smallest absolute Gasteiger partial charge is 0.248 e. The maximum Gasteiger partial charge on any atom is 0.248 e. The van der Waals surface area contributed by atoms with Crippen LogP contribution in [0.3, 0.4) is 0 Å². The summed E-state index contributed by atoms with van der Waals surface area (Å²) in [6, 6.07) is 0. The first kappa shape index (κ1) is 21.2. The van der Waals surface area contributed by atoms with E-state index < -0.39 is 0 Å². The molecule has 3 aliphatic rings. The molecule has 164 valence electrons. The fourth-order valence-corrected chi connectivity index (χ4v) is 4.33. The van der Waals surface area contributed by atoms with Crippen LogP contribution >= 0.6 is 0 Å². The Labute approximate surface area is 178 Å². The minimum Gasteiger partial charge on any atom is -0.365 e. The Balaban J connectivity index is 1.15. The summed E-state index contributed by atoms with van der Waals surface area (Å²) < 4.78 is 5.65. The van der Waals surface area contributed by atoms with E-state index in [9.17, 15) is 9.59 Å². The highest BCUT2D eigenvalue weighted by molar-refractivity contribution is 5.78. The number of amides is 2. The molecule has 2 amide bonds. The number of likely N-dealkylation sites (tertiary alicyclic amines) is 1. The summed E-state index contributed by atoms with van der Waals surface area (Å²) in [4.78, 5) is 37.2. The summed E-state index contributed by atoms with van der Waals surface area (Å²) in [7, 11) is 0. The van der Waals surface area contributed by atoms with Crippen LogP contribution in [0.1, 0.15) is 37.8 Å². The van der Waals surface area contributed by atoms with Gasteiger partial charge in [-0.1, -0.05) is 0 Å². The molecule has 3 heterocycles. The number of piperidine rings is 1. The quantitative estimate of drug-likeness (QED) is 0.644. The highest BCUT2D eigenvalue weighted by atomic mass is 16.5. The fourth-order valence-electron chi connectivity index (χ4n) is 4.33. The van der Waals surface area contributed by atoms with Gasteiger partial charge in [-0.25, -0.2) is 0 Å². The van der Waals surface area contributed by atoms with Gasteiger partial charge in [0.05, 0.1) is 11.8 Å². The van der Waals surface area contributed by atoms with E-state index in [0.717, 1.165) is 31.2 Å². The molecule has 2 aliphatic heterocycles. The third-order valence-electron chi connectivity index (χ3n) is 6.37. The van der Waals surface area contributed by atoms with E-state index in [2.05, 4.69) is 20.2 Å². The number of morpholine rings is 1. The minimum absolute atomic E-state index is 0.0317. The maximum atomic E-state index is 12.3. The van der Waals surface area contributed by atoms with Crippen molar-refractivity contribution < 1.29 is 14.3 Å². The number of aromatic nitrogens is 2. The zero-order chi connectivity index (χ0) is 20.8. The number of hydrogen-bond donors (Lipinski definition) is 1. The SMILES string of the molecule is O=C(CCc1cnccn1)NCC1CN(CC2CCN(CC3CC3)CC2)C(=O)CO1. The number of ether oxygens (including phenoxy) is 1. The van der Waals surface area contributed by atoms with E-state index in [-0.39, 0.29) is 24.5 Å². The van der Waals surface area contributed by atoms with Crippen molar-refractivity contribution >= 4 is 11.8 Å². The Bertz CT molecular complexity index is 704. The Morgan fingerprint density at radius 3 is 2.67 bits per heavy atom. The molecule has 0 aromatic carbocycles. The molecule has 8 nitrogen and oxygen atoms in total. The van der Waals surface area contributed by atoms with Crippen molar-refractivity contribution in [3.8, 4) is 0 Å². The first-order valence-electron chi connectivity index (χ1n) is 11.3. The topological polar surface area (TPSA) is 87.7 Å². The second kappa shape index (κ2) is 10.3. The molecule has 1 N–H and O–H groups in total. The largest absolute Gasteiger partial charge is 0.365 e. The lowest BCUT2D eigenvalue weighted by Crippen LogP contribution is -2.52. The summed E-state index contributed by atoms with van der Waals surface area (Å²) in [6.07, 6.45) is 10.9. The van der Waals surface area contributed by atoms with E-state index in [4.69, 9.17) is 4.74 Å². The molecule has 1 aliphatic carbocycles. The molecule has 1 aromatic heterocycles. The van der Waals surface area contributed by atoms with Crippen molar-refractivity contribution in [2.45, 2.75) is 44.6 Å². The maximum absolute atomic E-state index is 12.3. The lowest BCUT2D eigenvalue weighted by molar-refractivity contribution is -0.150. The molecule has 0 spiro atoms. The number of carbonyl (C=O) groups is 2. The minimum atomic E-state index is -0.141. The van der Waals surface area contributed by atoms with Crippen molar-refractivity contribution in [2.75, 3.05) is 45.9 Å². The van der Waals surface area contributed by atoms with Gasteiger partial charge >= 0.3 is 0 Å². The van der Waals surface area contributed by atoms with E-state index >= 15 is 0 Å². The number of aryl methyl sites for hydroxylation is 1. The van der Waals surface area contributed by atoms with Gasteiger partial charge in [-0.15, -0.1) is 0 Å². The molecule has 30 heavy (non-hydrogen) atoms. The van der Waals surface area contributed by atoms with Crippen molar-refractivity contribution in [2.24, 2.45) is 11.8 Å². The van der Waals surface area contributed by atoms with Gasteiger partial charge in [-0.3, -0.25) is 19.6 Å². The number of carbonyl (C=O) groups excluding carboxylic acids is 2. The van der Waals surface area contributed by atoms with E-state index in [1.807, 2.05) is 4.90 Å². The highest BCUT2D eigenvalue weighted by Crippen LogP contribution is 2.31. The molecule has 0 bridgehead atoms. The lowest BCUT2D eigenvalue weighted by Gasteiger charge is -2.38. The number of hydrogen-bond acceptors (Lipinski definition) is 6. The van der Waals surface area contributed by atoms with Gasteiger partial charge in [-0.2, -0.15) is 0 Å². The van der Waals surface area contributed by atoms with Crippen molar-refractivity contribution in [3.05, 3.63) is 24.3 Å². The number of rotatable bonds is 9. The first-order valence-corrected chi connectivity index (χ1v) is 11.3. The van der Waals surface area contributed by atoms with Crippen LogP contribution in [0.2, 0.25) is 0 Å². The summed E-state index contributed by atoms with van der Waals surface area (Å²) in [5, 5.41) is 2.93. The normalized spacial score (nSPS) is 23.5. The van der Waals surface area contributed by atoms with E-state index in [0.29, 0.717) is 31.8 Å². The molecule has 2 saturated heterocycles. The van der Waals surface area contributed by atoms with E-state index in [1.165, 1.54) is 32.2 Å². The highest BCUT2D eigenvalue weighted by Gasteiger charge is 2.31. The predicted octanol–water partition coefficient (Wildman–Crippen LogP) is 0.875. The molecular formula is C22H33N5O3. The van der Waals surface area contributed by atoms with Crippen molar-refractivity contribution in [1.29, 1.82) is 0 Å². The molecule has 1 aromatic rings. The molecule has 0 radical (unpaired) electrons. The van der Waals surface area contributed by atoms with Crippen molar-refractivity contribution in [1.82, 2.24) is 25.1 Å². The third kappa shape index (κ3) is 6.47. The third-order valence-corrected chi connectivity index (χ3v) is 6.37. The standard InChI is InChI=1S/C22H33N5O3/c28-21(4-3-19-11-23-7-8-24-19)25-12-20-15-27(22(29)16-30-20)14-18-5-9-26(10-6-18)13-17-1-2-17/h7-8,11,17-18,20H,1-6,9-10,12-16H2,(H,25,28). The summed E-state index contributed by atoms with van der Waals surface area (Å²) in [6.45, 7) is 5.50. The fraction of sp³-hybridized carbons (Fsp3) is 0.727. The van der Waals surface area contributed by atoms with Gasteiger partial charge in [-0.05, 0) is 57.0 Å². The van der Waals surface area contributed by atoms with Crippen LogP contribution in [0.15, 0.2) is 18.6 Å². The van der Waals surface area contributed by atoms with Crippen LogP contribution in [-0.2, 0) is 20.7 Å².